The third-order valence-corrected chi connectivity index (χ3v) is 2.30. The van der Waals surface area contributed by atoms with Gasteiger partial charge in [0, 0.05) is 19.4 Å². The summed E-state index contributed by atoms with van der Waals surface area (Å²) >= 11 is 0. The predicted molar refractivity (Wildman–Crippen MR) is 50.7 cm³/mol. The molecule has 0 radical (unpaired) electrons. The third kappa shape index (κ3) is 3.25. The number of aliphatic hydroxyl groups is 1. The van der Waals surface area contributed by atoms with E-state index >= 15 is 0 Å². The SMILES string of the molecule is CCOC1CC(O)(COC(C)C)C1. The zero-order valence-corrected chi connectivity index (χ0v) is 8.75. The van der Waals surface area contributed by atoms with Crippen LogP contribution in [0.25, 0.3) is 0 Å². The van der Waals surface area contributed by atoms with E-state index < -0.39 is 5.60 Å². The highest BCUT2D eigenvalue weighted by atomic mass is 16.5. The number of hydrogen-bond donors (Lipinski definition) is 1. The zero-order chi connectivity index (χ0) is 9.90. The van der Waals surface area contributed by atoms with Crippen molar-refractivity contribution in [3.8, 4) is 0 Å². The predicted octanol–water partition coefficient (Wildman–Crippen LogP) is 1.34. The molecule has 1 fully saturated rings. The Labute approximate surface area is 80.0 Å². The number of hydrogen-bond acceptors (Lipinski definition) is 3. The van der Waals surface area contributed by atoms with Crippen molar-refractivity contribution in [2.24, 2.45) is 0 Å². The van der Waals surface area contributed by atoms with Gasteiger partial charge in [-0.1, -0.05) is 0 Å². The molecule has 0 bridgehead atoms. The lowest BCUT2D eigenvalue weighted by molar-refractivity contribution is -0.172. The Bertz CT molecular complexity index is 150. The second kappa shape index (κ2) is 4.40. The highest BCUT2D eigenvalue weighted by molar-refractivity contribution is 4.95. The average molecular weight is 188 g/mol. The molecular formula is C10H20O3. The Morgan fingerprint density at radius 3 is 2.54 bits per heavy atom. The van der Waals surface area contributed by atoms with Crippen LogP contribution < -0.4 is 0 Å². The maximum Gasteiger partial charge on any atom is 0.0929 e. The minimum atomic E-state index is -0.621. The lowest BCUT2D eigenvalue weighted by Crippen LogP contribution is -2.51. The van der Waals surface area contributed by atoms with Gasteiger partial charge >= 0.3 is 0 Å². The van der Waals surface area contributed by atoms with Crippen LogP contribution in [0.3, 0.4) is 0 Å². The van der Waals surface area contributed by atoms with E-state index in [1.54, 1.807) is 0 Å². The van der Waals surface area contributed by atoms with Crippen molar-refractivity contribution >= 4 is 0 Å². The summed E-state index contributed by atoms with van der Waals surface area (Å²) in [6.07, 6.45) is 1.86. The van der Waals surface area contributed by atoms with E-state index in [9.17, 15) is 5.11 Å². The van der Waals surface area contributed by atoms with Gasteiger partial charge in [0.1, 0.15) is 0 Å². The first kappa shape index (κ1) is 11.0. The molecule has 0 heterocycles. The van der Waals surface area contributed by atoms with Crippen LogP contribution in [-0.2, 0) is 9.47 Å². The first-order valence-corrected chi connectivity index (χ1v) is 5.01. The maximum absolute atomic E-state index is 9.85. The van der Waals surface area contributed by atoms with Crippen LogP contribution in [0, 0.1) is 0 Å². The molecule has 1 saturated carbocycles. The van der Waals surface area contributed by atoms with Crippen LogP contribution in [0.1, 0.15) is 33.6 Å². The Balaban J connectivity index is 2.14. The first-order valence-electron chi connectivity index (χ1n) is 5.01. The topological polar surface area (TPSA) is 38.7 Å². The monoisotopic (exact) mass is 188 g/mol. The summed E-state index contributed by atoms with van der Waals surface area (Å²) in [7, 11) is 0. The van der Waals surface area contributed by atoms with E-state index in [4.69, 9.17) is 9.47 Å². The smallest absolute Gasteiger partial charge is 0.0929 e. The normalized spacial score (nSPS) is 33.5. The van der Waals surface area contributed by atoms with Crippen molar-refractivity contribution in [1.82, 2.24) is 0 Å². The van der Waals surface area contributed by atoms with Gasteiger partial charge in [-0.2, -0.15) is 0 Å². The summed E-state index contributed by atoms with van der Waals surface area (Å²) in [4.78, 5) is 0. The molecule has 0 aliphatic heterocycles. The van der Waals surface area contributed by atoms with Gasteiger partial charge in [-0.05, 0) is 20.8 Å². The van der Waals surface area contributed by atoms with Gasteiger partial charge in [0.15, 0.2) is 0 Å². The molecule has 0 aromatic carbocycles. The minimum Gasteiger partial charge on any atom is -0.387 e. The second-order valence-corrected chi connectivity index (χ2v) is 4.07. The van der Waals surface area contributed by atoms with Crippen molar-refractivity contribution in [2.75, 3.05) is 13.2 Å². The molecule has 0 unspecified atom stereocenters. The van der Waals surface area contributed by atoms with Gasteiger partial charge in [-0.25, -0.2) is 0 Å². The molecule has 0 amide bonds. The fourth-order valence-corrected chi connectivity index (χ4v) is 1.58. The standard InChI is InChI=1S/C10H20O3/c1-4-12-9-5-10(11,6-9)7-13-8(2)3/h8-9,11H,4-7H2,1-3H3. The molecule has 1 rings (SSSR count). The molecule has 1 aliphatic rings. The highest BCUT2D eigenvalue weighted by Gasteiger charge is 2.43. The van der Waals surface area contributed by atoms with E-state index in [0.29, 0.717) is 19.4 Å². The van der Waals surface area contributed by atoms with Gasteiger partial charge in [0.05, 0.1) is 24.4 Å². The molecule has 0 aromatic heterocycles. The lowest BCUT2D eigenvalue weighted by atomic mass is 9.78. The lowest BCUT2D eigenvalue weighted by Gasteiger charge is -2.43. The van der Waals surface area contributed by atoms with Crippen molar-refractivity contribution in [1.29, 1.82) is 0 Å². The van der Waals surface area contributed by atoms with Crippen LogP contribution in [0.4, 0.5) is 0 Å². The summed E-state index contributed by atoms with van der Waals surface area (Å²) in [6, 6.07) is 0. The molecule has 0 spiro atoms. The summed E-state index contributed by atoms with van der Waals surface area (Å²) < 4.78 is 10.7. The van der Waals surface area contributed by atoms with Crippen LogP contribution >= 0.6 is 0 Å². The number of ether oxygens (including phenoxy) is 2. The summed E-state index contributed by atoms with van der Waals surface area (Å²) in [5.41, 5.74) is -0.621. The molecule has 13 heavy (non-hydrogen) atoms. The Morgan fingerprint density at radius 2 is 2.08 bits per heavy atom. The Hall–Kier alpha value is -0.120. The van der Waals surface area contributed by atoms with Crippen molar-refractivity contribution in [3.05, 3.63) is 0 Å². The van der Waals surface area contributed by atoms with E-state index in [1.165, 1.54) is 0 Å². The Morgan fingerprint density at radius 1 is 1.46 bits per heavy atom. The molecule has 0 saturated heterocycles. The second-order valence-electron chi connectivity index (χ2n) is 4.07. The van der Waals surface area contributed by atoms with Crippen molar-refractivity contribution in [2.45, 2.75) is 51.4 Å². The molecule has 0 aromatic rings. The molecule has 0 atom stereocenters. The van der Waals surface area contributed by atoms with Gasteiger partial charge in [0.25, 0.3) is 0 Å². The Kier molecular flexibility index (Phi) is 3.71. The van der Waals surface area contributed by atoms with E-state index in [2.05, 4.69) is 0 Å². The molecule has 3 heteroatoms. The van der Waals surface area contributed by atoms with Gasteiger partial charge in [-0.15, -0.1) is 0 Å². The van der Waals surface area contributed by atoms with Crippen molar-refractivity contribution < 1.29 is 14.6 Å². The van der Waals surface area contributed by atoms with Crippen LogP contribution in [0.15, 0.2) is 0 Å². The zero-order valence-electron chi connectivity index (χ0n) is 8.75. The largest absolute Gasteiger partial charge is 0.387 e. The quantitative estimate of drug-likeness (QED) is 0.707. The first-order chi connectivity index (χ1) is 6.06. The summed E-state index contributed by atoms with van der Waals surface area (Å²) in [6.45, 7) is 7.09. The van der Waals surface area contributed by atoms with E-state index in [0.717, 1.165) is 6.61 Å². The highest BCUT2D eigenvalue weighted by Crippen LogP contribution is 2.34. The van der Waals surface area contributed by atoms with Crippen LogP contribution in [0.2, 0.25) is 0 Å². The van der Waals surface area contributed by atoms with Crippen LogP contribution in [0.5, 0.6) is 0 Å². The van der Waals surface area contributed by atoms with Gasteiger partial charge < -0.3 is 14.6 Å². The van der Waals surface area contributed by atoms with Crippen molar-refractivity contribution in [3.63, 3.8) is 0 Å². The molecule has 1 N–H and O–H groups in total. The third-order valence-electron chi connectivity index (χ3n) is 2.30. The molecule has 1 aliphatic carbocycles. The number of rotatable bonds is 5. The summed E-state index contributed by atoms with van der Waals surface area (Å²) in [5.74, 6) is 0. The average Bonchev–Trinajstić information content (AvgIpc) is 1.99. The maximum atomic E-state index is 9.85. The summed E-state index contributed by atoms with van der Waals surface area (Å²) in [5, 5.41) is 9.85. The minimum absolute atomic E-state index is 0.190. The molecule has 3 nitrogen and oxygen atoms in total. The van der Waals surface area contributed by atoms with Crippen LogP contribution in [-0.4, -0.2) is 36.1 Å². The van der Waals surface area contributed by atoms with Gasteiger partial charge in [0.2, 0.25) is 0 Å². The molecule has 78 valence electrons. The fourth-order valence-electron chi connectivity index (χ4n) is 1.58. The van der Waals surface area contributed by atoms with Gasteiger partial charge in [-0.3, -0.25) is 0 Å². The molecular weight excluding hydrogens is 168 g/mol. The fraction of sp³-hybridized carbons (Fsp3) is 1.00. The van der Waals surface area contributed by atoms with E-state index in [1.807, 2.05) is 20.8 Å². The van der Waals surface area contributed by atoms with E-state index in [-0.39, 0.29) is 12.2 Å².